The van der Waals surface area contributed by atoms with Crippen LogP contribution >= 0.6 is 0 Å². The summed E-state index contributed by atoms with van der Waals surface area (Å²) in [6.07, 6.45) is 0.843. The van der Waals surface area contributed by atoms with Crippen LogP contribution in [0.4, 0.5) is 0 Å². The number of carbonyl (C=O) groups excluding carboxylic acids is 1. The number of nitrogens with zero attached hydrogens (tertiary/aromatic N) is 1. The molecule has 2 N–H and O–H groups in total. The van der Waals surface area contributed by atoms with E-state index in [2.05, 4.69) is 0 Å². The minimum atomic E-state index is -0.440. The highest BCUT2D eigenvalue weighted by Crippen LogP contribution is 2.18. The summed E-state index contributed by atoms with van der Waals surface area (Å²) in [6.45, 7) is 7.27. The molecule has 0 aromatic carbocycles. The van der Waals surface area contributed by atoms with Crippen molar-refractivity contribution in [2.24, 2.45) is 11.1 Å². The van der Waals surface area contributed by atoms with Gasteiger partial charge in [-0.05, 0) is 11.8 Å². The van der Waals surface area contributed by atoms with Gasteiger partial charge in [-0.25, -0.2) is 0 Å². The maximum absolute atomic E-state index is 11.8. The molecule has 90 valence electrons. The Labute approximate surface area is 92.8 Å². The predicted octanol–water partition coefficient (Wildman–Crippen LogP) is 0.855. The maximum Gasteiger partial charge on any atom is 0.239 e. The number of hydrogen-bond acceptors (Lipinski definition) is 3. The zero-order valence-corrected chi connectivity index (χ0v) is 10.5. The Kier molecular flexibility index (Phi) is 5.83. The first kappa shape index (κ1) is 14.4. The minimum absolute atomic E-state index is 0.00129. The van der Waals surface area contributed by atoms with Gasteiger partial charge in [0.25, 0.3) is 0 Å². The number of carbonyl (C=O) groups is 1. The molecule has 0 unspecified atom stereocenters. The summed E-state index contributed by atoms with van der Waals surface area (Å²) in [6, 6.07) is -0.440. The Morgan fingerprint density at radius 2 is 2.00 bits per heavy atom. The molecule has 0 aliphatic heterocycles. The van der Waals surface area contributed by atoms with E-state index in [0.29, 0.717) is 13.2 Å². The molecule has 0 rings (SSSR count). The van der Waals surface area contributed by atoms with E-state index in [-0.39, 0.29) is 11.3 Å². The maximum atomic E-state index is 11.8. The van der Waals surface area contributed by atoms with E-state index in [9.17, 15) is 4.79 Å². The van der Waals surface area contributed by atoms with E-state index in [1.54, 1.807) is 19.1 Å². The van der Waals surface area contributed by atoms with Crippen molar-refractivity contribution in [1.29, 1.82) is 0 Å². The van der Waals surface area contributed by atoms with Crippen LogP contribution in [0.2, 0.25) is 0 Å². The highest BCUT2D eigenvalue weighted by Gasteiger charge is 2.29. The van der Waals surface area contributed by atoms with E-state index < -0.39 is 6.04 Å². The van der Waals surface area contributed by atoms with E-state index in [1.165, 1.54) is 0 Å². The lowest BCUT2D eigenvalue weighted by Crippen LogP contribution is -2.49. The molecule has 0 aliphatic rings. The van der Waals surface area contributed by atoms with Gasteiger partial charge in [-0.1, -0.05) is 20.8 Å². The standard InChI is InChI=1S/C11H24N2O2/c1-11(2,3)9(12)10(14)13(4)7-6-8-15-5/h9H,6-8,12H2,1-5H3/t9-/m1/s1. The highest BCUT2D eigenvalue weighted by molar-refractivity contribution is 5.82. The Hall–Kier alpha value is -0.610. The van der Waals surface area contributed by atoms with Crippen molar-refractivity contribution in [3.05, 3.63) is 0 Å². The van der Waals surface area contributed by atoms with Crippen molar-refractivity contribution in [3.63, 3.8) is 0 Å². The van der Waals surface area contributed by atoms with Gasteiger partial charge in [-0.15, -0.1) is 0 Å². The van der Waals surface area contributed by atoms with Crippen LogP contribution in [0.25, 0.3) is 0 Å². The summed E-state index contributed by atoms with van der Waals surface area (Å²) in [5, 5.41) is 0. The van der Waals surface area contributed by atoms with Crippen molar-refractivity contribution < 1.29 is 9.53 Å². The molecule has 15 heavy (non-hydrogen) atoms. The molecule has 1 amide bonds. The van der Waals surface area contributed by atoms with Crippen LogP contribution in [0.3, 0.4) is 0 Å². The van der Waals surface area contributed by atoms with Crippen LogP contribution in [0, 0.1) is 5.41 Å². The van der Waals surface area contributed by atoms with Crippen LogP contribution in [0.15, 0.2) is 0 Å². The summed E-state index contributed by atoms with van der Waals surface area (Å²) in [5.74, 6) is -0.00129. The minimum Gasteiger partial charge on any atom is -0.385 e. The first-order chi connectivity index (χ1) is 6.80. The lowest BCUT2D eigenvalue weighted by atomic mass is 9.86. The SMILES string of the molecule is COCCCN(C)C(=O)[C@@H](N)C(C)(C)C. The van der Waals surface area contributed by atoms with Crippen LogP contribution in [0.5, 0.6) is 0 Å². The lowest BCUT2D eigenvalue weighted by molar-refractivity contribution is -0.133. The number of likely N-dealkylation sites (N-methyl/N-ethyl adjacent to an activating group) is 1. The van der Waals surface area contributed by atoms with Gasteiger partial charge < -0.3 is 15.4 Å². The fraction of sp³-hybridized carbons (Fsp3) is 0.909. The van der Waals surface area contributed by atoms with Gasteiger partial charge in [0.05, 0.1) is 6.04 Å². The van der Waals surface area contributed by atoms with Crippen LogP contribution < -0.4 is 5.73 Å². The van der Waals surface area contributed by atoms with Crippen molar-refractivity contribution >= 4 is 5.91 Å². The Bertz CT molecular complexity index is 199. The molecule has 0 spiro atoms. The molecular formula is C11H24N2O2. The number of amides is 1. The molecule has 0 aromatic rings. The molecule has 0 bridgehead atoms. The summed E-state index contributed by atoms with van der Waals surface area (Å²) >= 11 is 0. The van der Waals surface area contributed by atoms with E-state index in [1.807, 2.05) is 20.8 Å². The summed E-state index contributed by atoms with van der Waals surface area (Å²) in [7, 11) is 3.44. The van der Waals surface area contributed by atoms with Gasteiger partial charge in [0, 0.05) is 27.3 Å². The topological polar surface area (TPSA) is 55.6 Å². The molecule has 0 aromatic heterocycles. The second kappa shape index (κ2) is 6.08. The predicted molar refractivity (Wildman–Crippen MR) is 61.6 cm³/mol. The number of ether oxygens (including phenoxy) is 1. The molecule has 0 radical (unpaired) electrons. The third-order valence-corrected chi connectivity index (χ3v) is 2.42. The molecule has 4 heteroatoms. The summed E-state index contributed by atoms with van der Waals surface area (Å²) < 4.78 is 4.93. The van der Waals surface area contributed by atoms with E-state index in [4.69, 9.17) is 10.5 Å². The van der Waals surface area contributed by atoms with Gasteiger partial charge in [0.1, 0.15) is 0 Å². The average Bonchev–Trinajstić information content (AvgIpc) is 2.14. The van der Waals surface area contributed by atoms with Gasteiger partial charge >= 0.3 is 0 Å². The number of rotatable bonds is 5. The van der Waals surface area contributed by atoms with Crippen molar-refractivity contribution in [3.8, 4) is 0 Å². The fourth-order valence-electron chi connectivity index (χ4n) is 1.16. The summed E-state index contributed by atoms with van der Waals surface area (Å²) in [4.78, 5) is 13.5. The van der Waals surface area contributed by atoms with Gasteiger partial charge in [0.2, 0.25) is 5.91 Å². The average molecular weight is 216 g/mol. The van der Waals surface area contributed by atoms with Crippen molar-refractivity contribution in [1.82, 2.24) is 4.90 Å². The molecule has 1 atom stereocenters. The first-order valence-corrected chi connectivity index (χ1v) is 5.30. The molecule has 4 nitrogen and oxygen atoms in total. The zero-order chi connectivity index (χ0) is 12.1. The monoisotopic (exact) mass is 216 g/mol. The third-order valence-electron chi connectivity index (χ3n) is 2.42. The zero-order valence-electron chi connectivity index (χ0n) is 10.5. The lowest BCUT2D eigenvalue weighted by Gasteiger charge is -2.29. The largest absolute Gasteiger partial charge is 0.385 e. The number of nitrogens with two attached hydrogens (primary N) is 1. The molecular weight excluding hydrogens is 192 g/mol. The third kappa shape index (κ3) is 5.14. The van der Waals surface area contributed by atoms with Crippen molar-refractivity contribution in [2.75, 3.05) is 27.3 Å². The summed E-state index contributed by atoms with van der Waals surface area (Å²) in [5.41, 5.74) is 5.69. The number of methoxy groups -OCH3 is 1. The molecule has 0 saturated carbocycles. The first-order valence-electron chi connectivity index (χ1n) is 5.30. The van der Waals surface area contributed by atoms with Crippen molar-refractivity contribution in [2.45, 2.75) is 33.2 Å². The fourth-order valence-corrected chi connectivity index (χ4v) is 1.16. The quantitative estimate of drug-likeness (QED) is 0.693. The number of hydrogen-bond donors (Lipinski definition) is 1. The molecule has 0 saturated heterocycles. The Morgan fingerprint density at radius 1 is 1.47 bits per heavy atom. The Balaban J connectivity index is 4.09. The van der Waals surface area contributed by atoms with Gasteiger partial charge in [-0.2, -0.15) is 0 Å². The van der Waals surface area contributed by atoms with Gasteiger partial charge in [0.15, 0.2) is 0 Å². The van der Waals surface area contributed by atoms with Crippen LogP contribution in [-0.4, -0.2) is 44.2 Å². The normalized spacial score (nSPS) is 13.7. The van der Waals surface area contributed by atoms with Crippen LogP contribution in [-0.2, 0) is 9.53 Å². The Morgan fingerprint density at radius 3 is 2.40 bits per heavy atom. The van der Waals surface area contributed by atoms with E-state index >= 15 is 0 Å². The second-order valence-corrected chi connectivity index (χ2v) is 4.95. The molecule has 0 heterocycles. The molecule has 0 fully saturated rings. The van der Waals surface area contributed by atoms with Crippen LogP contribution in [0.1, 0.15) is 27.2 Å². The molecule has 0 aliphatic carbocycles. The van der Waals surface area contributed by atoms with E-state index in [0.717, 1.165) is 6.42 Å². The smallest absolute Gasteiger partial charge is 0.239 e. The van der Waals surface area contributed by atoms with Gasteiger partial charge in [-0.3, -0.25) is 4.79 Å². The second-order valence-electron chi connectivity index (χ2n) is 4.95. The highest BCUT2D eigenvalue weighted by atomic mass is 16.5.